The number of pyridine rings is 1. The molecule has 30 heavy (non-hydrogen) atoms. The number of nitrogens with zero attached hydrogens (tertiary/aromatic N) is 6. The molecule has 0 aromatic carbocycles. The van der Waals surface area contributed by atoms with Crippen LogP contribution in [0.4, 0.5) is 17.8 Å². The molecule has 0 saturated carbocycles. The van der Waals surface area contributed by atoms with Gasteiger partial charge in [0, 0.05) is 56.9 Å². The van der Waals surface area contributed by atoms with Crippen molar-refractivity contribution in [3.63, 3.8) is 0 Å². The summed E-state index contributed by atoms with van der Waals surface area (Å²) >= 11 is 0. The van der Waals surface area contributed by atoms with Crippen molar-refractivity contribution in [1.29, 1.82) is 0 Å². The van der Waals surface area contributed by atoms with Gasteiger partial charge in [0.15, 0.2) is 0 Å². The molecule has 9 heteroatoms. The number of piperidine rings is 1. The molecule has 2 fully saturated rings. The molecule has 1 N–H and O–H groups in total. The summed E-state index contributed by atoms with van der Waals surface area (Å²) in [6.45, 7) is 8.37. The van der Waals surface area contributed by atoms with E-state index in [1.807, 2.05) is 10.6 Å². The molecule has 0 radical (unpaired) electrons. The van der Waals surface area contributed by atoms with E-state index in [1.54, 1.807) is 6.07 Å². The molecule has 0 spiro atoms. The van der Waals surface area contributed by atoms with Crippen molar-refractivity contribution >= 4 is 17.8 Å². The molecule has 2 aromatic rings. The second kappa shape index (κ2) is 8.22. The summed E-state index contributed by atoms with van der Waals surface area (Å²) in [5.41, 5.74) is 1.24. The fourth-order valence-corrected chi connectivity index (χ4v) is 4.78. The van der Waals surface area contributed by atoms with Crippen LogP contribution < -0.4 is 20.7 Å². The third-order valence-corrected chi connectivity index (χ3v) is 6.20. The van der Waals surface area contributed by atoms with E-state index in [2.05, 4.69) is 33.1 Å². The quantitative estimate of drug-likeness (QED) is 0.788. The number of morpholine rings is 1. The third kappa shape index (κ3) is 3.74. The number of anilines is 3. The van der Waals surface area contributed by atoms with Gasteiger partial charge in [-0.1, -0.05) is 13.0 Å². The minimum Gasteiger partial charge on any atom is -0.378 e. The van der Waals surface area contributed by atoms with E-state index in [-0.39, 0.29) is 5.56 Å². The van der Waals surface area contributed by atoms with Crippen molar-refractivity contribution in [2.45, 2.75) is 32.2 Å². The Morgan fingerprint density at radius 1 is 1.07 bits per heavy atom. The average Bonchev–Trinajstić information content (AvgIpc) is 2.79. The zero-order valence-corrected chi connectivity index (χ0v) is 17.5. The van der Waals surface area contributed by atoms with Gasteiger partial charge in [-0.15, -0.1) is 0 Å². The first-order chi connectivity index (χ1) is 14.7. The lowest BCUT2D eigenvalue weighted by atomic mass is 9.83. The highest BCUT2D eigenvalue weighted by Crippen LogP contribution is 2.36. The van der Waals surface area contributed by atoms with E-state index in [0.717, 1.165) is 63.8 Å². The molecule has 5 heterocycles. The number of hydrogen-bond donors (Lipinski definition) is 1. The molecule has 160 valence electrons. The number of rotatable bonds is 5. The fourth-order valence-electron chi connectivity index (χ4n) is 4.78. The van der Waals surface area contributed by atoms with Crippen LogP contribution in [0.3, 0.4) is 0 Å². The molecular formula is C21H29N7O2. The second-order valence-electron chi connectivity index (χ2n) is 8.39. The Morgan fingerprint density at radius 2 is 1.87 bits per heavy atom. The van der Waals surface area contributed by atoms with E-state index >= 15 is 0 Å². The Hall–Kier alpha value is -2.68. The normalized spacial score (nSPS) is 23.2. The monoisotopic (exact) mass is 411 g/mol. The largest absolute Gasteiger partial charge is 0.378 e. The van der Waals surface area contributed by atoms with Crippen LogP contribution >= 0.6 is 0 Å². The summed E-state index contributed by atoms with van der Waals surface area (Å²) in [5.74, 6) is 2.82. The highest BCUT2D eigenvalue weighted by atomic mass is 16.5. The van der Waals surface area contributed by atoms with E-state index in [0.29, 0.717) is 36.9 Å². The van der Waals surface area contributed by atoms with Crippen LogP contribution in [0.5, 0.6) is 0 Å². The van der Waals surface area contributed by atoms with Crippen molar-refractivity contribution in [1.82, 2.24) is 19.5 Å². The van der Waals surface area contributed by atoms with Crippen LogP contribution in [0.1, 0.15) is 31.4 Å². The molecular weight excluding hydrogens is 382 g/mol. The van der Waals surface area contributed by atoms with Gasteiger partial charge < -0.3 is 24.4 Å². The molecule has 0 amide bonds. The molecule has 2 saturated heterocycles. The van der Waals surface area contributed by atoms with E-state index < -0.39 is 0 Å². The molecule has 2 bridgehead atoms. The SMILES string of the molecule is CCCNc1nc(N2CCOCC2)nc(N2CC3CC(C2)c2cccc(=O)n2C3)n1. The summed E-state index contributed by atoms with van der Waals surface area (Å²) in [7, 11) is 0. The lowest BCUT2D eigenvalue weighted by molar-refractivity contribution is 0.122. The molecule has 3 aliphatic rings. The smallest absolute Gasteiger partial charge is 0.250 e. The summed E-state index contributed by atoms with van der Waals surface area (Å²) in [5, 5.41) is 3.33. The van der Waals surface area contributed by atoms with Crippen molar-refractivity contribution < 1.29 is 4.74 Å². The molecule has 3 aliphatic heterocycles. The van der Waals surface area contributed by atoms with Gasteiger partial charge in [0.05, 0.1) is 13.2 Å². The van der Waals surface area contributed by atoms with Gasteiger partial charge in [-0.05, 0) is 24.8 Å². The molecule has 2 atom stereocenters. The van der Waals surface area contributed by atoms with Crippen molar-refractivity contribution in [2.24, 2.45) is 5.92 Å². The van der Waals surface area contributed by atoms with Gasteiger partial charge in [0.1, 0.15) is 0 Å². The topological polar surface area (TPSA) is 88.4 Å². The second-order valence-corrected chi connectivity index (χ2v) is 8.39. The van der Waals surface area contributed by atoms with Gasteiger partial charge in [0.2, 0.25) is 17.8 Å². The maximum atomic E-state index is 12.3. The van der Waals surface area contributed by atoms with Gasteiger partial charge in [-0.3, -0.25) is 4.79 Å². The first-order valence-corrected chi connectivity index (χ1v) is 11.0. The number of nitrogens with one attached hydrogen (secondary N) is 1. The lowest BCUT2D eigenvalue weighted by Gasteiger charge is -2.42. The Labute approximate surface area is 176 Å². The summed E-state index contributed by atoms with van der Waals surface area (Å²) in [6.07, 6.45) is 2.12. The molecule has 0 aliphatic carbocycles. The Kier molecular flexibility index (Phi) is 5.28. The molecule has 9 nitrogen and oxygen atoms in total. The Balaban J connectivity index is 1.45. The average molecular weight is 412 g/mol. The first kappa shape index (κ1) is 19.3. The van der Waals surface area contributed by atoms with Gasteiger partial charge in [-0.25, -0.2) is 0 Å². The van der Waals surface area contributed by atoms with Crippen LogP contribution in [0, 0.1) is 5.92 Å². The van der Waals surface area contributed by atoms with Crippen LogP contribution in [-0.4, -0.2) is 65.5 Å². The van der Waals surface area contributed by atoms with Gasteiger partial charge in [-0.2, -0.15) is 15.0 Å². The molecule has 2 aromatic heterocycles. The lowest BCUT2D eigenvalue weighted by Crippen LogP contribution is -2.48. The van der Waals surface area contributed by atoms with Gasteiger partial charge in [0.25, 0.3) is 5.56 Å². The fraction of sp³-hybridized carbons (Fsp3) is 0.619. The number of fused-ring (bicyclic) bond motifs is 4. The minimum atomic E-state index is 0.108. The zero-order valence-electron chi connectivity index (χ0n) is 17.5. The summed E-state index contributed by atoms with van der Waals surface area (Å²) in [4.78, 5) is 31.0. The van der Waals surface area contributed by atoms with E-state index in [4.69, 9.17) is 14.7 Å². The predicted molar refractivity (Wildman–Crippen MR) is 115 cm³/mol. The van der Waals surface area contributed by atoms with Crippen molar-refractivity contribution in [2.75, 3.05) is 61.1 Å². The highest BCUT2D eigenvalue weighted by Gasteiger charge is 2.35. The minimum absolute atomic E-state index is 0.108. The maximum Gasteiger partial charge on any atom is 0.250 e. The molecule has 5 rings (SSSR count). The van der Waals surface area contributed by atoms with E-state index in [9.17, 15) is 4.79 Å². The van der Waals surface area contributed by atoms with Crippen LogP contribution in [0.25, 0.3) is 0 Å². The van der Waals surface area contributed by atoms with Crippen molar-refractivity contribution in [3.05, 3.63) is 34.2 Å². The number of hydrogen-bond acceptors (Lipinski definition) is 8. The summed E-state index contributed by atoms with van der Waals surface area (Å²) < 4.78 is 7.44. The van der Waals surface area contributed by atoms with E-state index in [1.165, 1.54) is 0 Å². The van der Waals surface area contributed by atoms with Crippen LogP contribution in [0.2, 0.25) is 0 Å². The Bertz CT molecular complexity index is 957. The van der Waals surface area contributed by atoms with Gasteiger partial charge >= 0.3 is 0 Å². The highest BCUT2D eigenvalue weighted by molar-refractivity contribution is 5.46. The first-order valence-electron chi connectivity index (χ1n) is 11.0. The third-order valence-electron chi connectivity index (χ3n) is 6.20. The Morgan fingerprint density at radius 3 is 2.67 bits per heavy atom. The zero-order chi connectivity index (χ0) is 20.5. The van der Waals surface area contributed by atoms with Crippen LogP contribution in [-0.2, 0) is 11.3 Å². The predicted octanol–water partition coefficient (Wildman–Crippen LogP) is 1.32. The summed E-state index contributed by atoms with van der Waals surface area (Å²) in [6, 6.07) is 5.63. The molecule has 2 unspecified atom stereocenters. The number of aromatic nitrogens is 4. The van der Waals surface area contributed by atoms with Crippen LogP contribution in [0.15, 0.2) is 23.0 Å². The standard InChI is InChI=1S/C21H29N7O2/c1-2-6-22-19-23-20(26-7-9-30-10-8-26)25-21(24-19)27-12-15-11-16(14-27)17-4-3-5-18(29)28(17)13-15/h3-5,15-16H,2,6-14H2,1H3,(H,22,23,24,25). The van der Waals surface area contributed by atoms with Crippen molar-refractivity contribution in [3.8, 4) is 0 Å². The maximum absolute atomic E-state index is 12.3. The number of ether oxygens (including phenoxy) is 1.